The first-order chi connectivity index (χ1) is 3.79. The van der Waals surface area contributed by atoms with E-state index in [1.54, 1.807) is 0 Å². The Morgan fingerprint density at radius 3 is 3.00 bits per heavy atom. The molecule has 1 aromatic rings. The van der Waals surface area contributed by atoms with Crippen molar-refractivity contribution in [1.29, 1.82) is 0 Å². The Morgan fingerprint density at radius 2 is 2.57 bits per heavy atom. The molecule has 0 bridgehead atoms. The summed E-state index contributed by atoms with van der Waals surface area (Å²) < 4.78 is 6.90. The van der Waals surface area contributed by atoms with Gasteiger partial charge in [-0.25, -0.2) is 9.97 Å². The first-order valence-electron chi connectivity index (χ1n) is 2.24. The molecule has 1 heterocycles. The maximum atomic E-state index is 6.90. The summed E-state index contributed by atoms with van der Waals surface area (Å²) in [5.74, 6) is 0. The number of nitrogens with zero attached hydrogens (tertiary/aromatic N) is 2. The van der Waals surface area contributed by atoms with E-state index in [1.807, 2.05) is 0 Å². The molecular weight excluding hydrogens is 112 g/mol. The van der Waals surface area contributed by atoms with Crippen molar-refractivity contribution in [3.63, 3.8) is 0 Å². The molecule has 0 spiro atoms. The van der Waals surface area contributed by atoms with Crippen LogP contribution in [0.1, 0.15) is 1.37 Å². The highest BCUT2D eigenvalue weighted by atomic mass is 35.5. The predicted octanol–water partition coefficient (Wildman–Crippen LogP) is 1.13. The van der Waals surface area contributed by atoms with Crippen LogP contribution in [0.25, 0.3) is 0 Å². The van der Waals surface area contributed by atoms with Gasteiger partial charge in [-0.15, -0.1) is 0 Å². The number of hydrogen-bond acceptors (Lipinski definition) is 2. The Bertz CT molecular complexity index is 174. The van der Waals surface area contributed by atoms with E-state index in [2.05, 4.69) is 9.97 Å². The minimum Gasteiger partial charge on any atom is -0.227 e. The second kappa shape index (κ2) is 1.89. The summed E-state index contributed by atoms with van der Waals surface area (Å²) in [4.78, 5) is 7.07. The van der Waals surface area contributed by atoms with E-state index in [0.29, 0.717) is 0 Å². The molecule has 0 atom stereocenters. The van der Waals surface area contributed by atoms with Crippen LogP contribution >= 0.6 is 11.6 Å². The molecule has 0 fully saturated rings. The average molecular weight is 116 g/mol. The summed E-state index contributed by atoms with van der Waals surface area (Å²) in [6.07, 6.45) is 1.59. The minimum atomic E-state index is 0.123. The lowest BCUT2D eigenvalue weighted by molar-refractivity contribution is 1.17. The molecule has 0 aliphatic carbocycles. The summed E-state index contributed by atoms with van der Waals surface area (Å²) in [5, 5.41) is 0.123. The summed E-state index contributed by atoms with van der Waals surface area (Å²) in [6, 6.07) is 1.46. The first kappa shape index (κ1) is 3.38. The third-order valence-electron chi connectivity index (χ3n) is 0.487. The summed E-state index contributed by atoms with van der Waals surface area (Å²) in [6.45, 7) is 0. The van der Waals surface area contributed by atoms with Gasteiger partial charge in [-0.3, -0.25) is 0 Å². The molecule has 3 heteroatoms. The zero-order valence-electron chi connectivity index (χ0n) is 4.43. The Hall–Kier alpha value is -0.630. The average Bonchev–Trinajstić information content (AvgIpc) is 1.64. The van der Waals surface area contributed by atoms with Gasteiger partial charge in [0, 0.05) is 12.4 Å². The van der Waals surface area contributed by atoms with Crippen molar-refractivity contribution in [2.45, 2.75) is 0 Å². The Kier molecular flexibility index (Phi) is 0.912. The van der Waals surface area contributed by atoms with Crippen LogP contribution < -0.4 is 0 Å². The van der Waals surface area contributed by atoms with Crippen LogP contribution in [0.4, 0.5) is 0 Å². The Labute approximate surface area is 47.6 Å². The zero-order valence-corrected chi connectivity index (χ0v) is 4.18. The lowest BCUT2D eigenvalue weighted by atomic mass is 10.7. The van der Waals surface area contributed by atoms with Crippen molar-refractivity contribution in [2.24, 2.45) is 0 Å². The van der Waals surface area contributed by atoms with Crippen molar-refractivity contribution >= 4 is 11.6 Å². The topological polar surface area (TPSA) is 25.8 Å². The fourth-order valence-corrected chi connectivity index (χ4v) is 0.357. The van der Waals surface area contributed by atoms with Crippen molar-refractivity contribution < 1.29 is 1.37 Å². The molecule has 2 nitrogen and oxygen atoms in total. The van der Waals surface area contributed by atoms with Crippen LogP contribution in [-0.2, 0) is 0 Å². The van der Waals surface area contributed by atoms with Gasteiger partial charge in [-0.1, -0.05) is 0 Å². The normalized spacial score (nSPS) is 10.7. The fourth-order valence-electron chi connectivity index (χ4n) is 0.252. The van der Waals surface area contributed by atoms with Gasteiger partial charge in [0.05, 0.1) is 1.37 Å². The van der Waals surface area contributed by atoms with Crippen molar-refractivity contribution in [1.82, 2.24) is 9.97 Å². The molecule has 1 rings (SSSR count). The molecule has 0 saturated carbocycles. The molecule has 0 aliphatic heterocycles. The SMILES string of the molecule is [2H]c1ccnc(Cl)n1. The van der Waals surface area contributed by atoms with Crippen LogP contribution in [0.3, 0.4) is 0 Å². The second-order valence-corrected chi connectivity index (χ2v) is 1.29. The van der Waals surface area contributed by atoms with Gasteiger partial charge < -0.3 is 0 Å². The maximum absolute atomic E-state index is 6.90. The summed E-state index contributed by atoms with van der Waals surface area (Å²) in [7, 11) is 0. The molecule has 1 aromatic heterocycles. The minimum absolute atomic E-state index is 0.123. The van der Waals surface area contributed by atoms with Gasteiger partial charge >= 0.3 is 0 Å². The highest BCUT2D eigenvalue weighted by Crippen LogP contribution is 1.92. The standard InChI is InChI=1S/C4H3ClN2/c5-4-6-2-1-3-7-4/h1-3H/i2D. The van der Waals surface area contributed by atoms with Crippen molar-refractivity contribution in [2.75, 3.05) is 0 Å². The van der Waals surface area contributed by atoms with E-state index in [0.717, 1.165) is 0 Å². The third-order valence-corrected chi connectivity index (χ3v) is 0.669. The van der Waals surface area contributed by atoms with E-state index >= 15 is 0 Å². The predicted molar refractivity (Wildman–Crippen MR) is 27.0 cm³/mol. The summed E-state index contributed by atoms with van der Waals surface area (Å²) >= 11 is 5.30. The van der Waals surface area contributed by atoms with Gasteiger partial charge in [0.2, 0.25) is 5.28 Å². The number of halogens is 1. The van der Waals surface area contributed by atoms with Gasteiger partial charge in [0.15, 0.2) is 0 Å². The van der Waals surface area contributed by atoms with Crippen LogP contribution in [0.5, 0.6) is 0 Å². The lowest BCUT2D eigenvalue weighted by Gasteiger charge is -1.78. The van der Waals surface area contributed by atoms with Gasteiger partial charge in [0.1, 0.15) is 0 Å². The molecule has 0 aliphatic rings. The van der Waals surface area contributed by atoms with Crippen LogP contribution in [0, 0.1) is 0 Å². The fraction of sp³-hybridized carbons (Fsp3) is 0. The maximum Gasteiger partial charge on any atom is 0.222 e. The molecule has 0 saturated heterocycles. The summed E-state index contributed by atoms with van der Waals surface area (Å²) in [5.41, 5.74) is 0. The smallest absolute Gasteiger partial charge is 0.222 e. The van der Waals surface area contributed by atoms with Gasteiger partial charge in [-0.05, 0) is 17.7 Å². The molecule has 0 amide bonds. The number of hydrogen-bond donors (Lipinski definition) is 0. The molecule has 36 valence electrons. The number of rotatable bonds is 0. The highest BCUT2D eigenvalue weighted by molar-refractivity contribution is 6.28. The molecule has 0 unspecified atom stereocenters. The zero-order chi connectivity index (χ0) is 5.98. The molecule has 0 aromatic carbocycles. The van der Waals surface area contributed by atoms with E-state index in [4.69, 9.17) is 13.0 Å². The molecular formula is C4H3ClN2. The first-order valence-corrected chi connectivity index (χ1v) is 2.12. The quantitative estimate of drug-likeness (QED) is 0.474. The Morgan fingerprint density at radius 1 is 1.71 bits per heavy atom. The van der Waals surface area contributed by atoms with Crippen molar-refractivity contribution in [3.8, 4) is 0 Å². The number of aromatic nitrogens is 2. The largest absolute Gasteiger partial charge is 0.227 e. The highest BCUT2D eigenvalue weighted by Gasteiger charge is 1.78. The van der Waals surface area contributed by atoms with E-state index in [9.17, 15) is 0 Å². The van der Waals surface area contributed by atoms with Crippen molar-refractivity contribution in [3.05, 3.63) is 23.7 Å². The van der Waals surface area contributed by atoms with E-state index < -0.39 is 0 Å². The van der Waals surface area contributed by atoms with Crippen LogP contribution in [-0.4, -0.2) is 9.97 Å². The van der Waals surface area contributed by atoms with Gasteiger partial charge in [-0.2, -0.15) is 0 Å². The molecule has 0 radical (unpaired) electrons. The van der Waals surface area contributed by atoms with Gasteiger partial charge in [0.25, 0.3) is 0 Å². The third kappa shape index (κ3) is 1.12. The van der Waals surface area contributed by atoms with E-state index in [1.165, 1.54) is 12.3 Å². The van der Waals surface area contributed by atoms with E-state index in [-0.39, 0.29) is 11.5 Å². The molecule has 7 heavy (non-hydrogen) atoms. The molecule has 0 N–H and O–H groups in total. The monoisotopic (exact) mass is 115 g/mol. The Balaban J connectivity index is 3.08. The lowest BCUT2D eigenvalue weighted by Crippen LogP contribution is -1.73. The van der Waals surface area contributed by atoms with Crippen LogP contribution in [0.15, 0.2) is 18.4 Å². The van der Waals surface area contributed by atoms with Crippen LogP contribution in [0.2, 0.25) is 5.28 Å². The second-order valence-electron chi connectivity index (χ2n) is 0.955.